The molecule has 0 atom stereocenters. The number of ether oxygens (including phenoxy) is 3. The summed E-state index contributed by atoms with van der Waals surface area (Å²) in [6, 6.07) is 3.47. The maximum atomic E-state index is 12.0. The van der Waals surface area contributed by atoms with Crippen LogP contribution in [0.5, 0.6) is 11.5 Å². The molecule has 2 amide bonds. The highest BCUT2D eigenvalue weighted by molar-refractivity contribution is 9.10. The van der Waals surface area contributed by atoms with Gasteiger partial charge in [0.25, 0.3) is 0 Å². The second-order valence-electron chi connectivity index (χ2n) is 12.6. The topological polar surface area (TPSA) is 114 Å². The van der Waals surface area contributed by atoms with Gasteiger partial charge in [0, 0.05) is 60.4 Å². The number of hydrogen-bond donors (Lipinski definition) is 1. The average Bonchev–Trinajstić information content (AvgIpc) is 2.88. The van der Waals surface area contributed by atoms with E-state index in [0.717, 1.165) is 59.4 Å². The summed E-state index contributed by atoms with van der Waals surface area (Å²) < 4.78 is 18.3. The van der Waals surface area contributed by atoms with Gasteiger partial charge in [-0.05, 0) is 104 Å². The standard InChI is InChI=1S/C15H21BrN2O3.C11H21NO2.C5H4BrNO/c1-15(2,3)21-14(19)18-6-4-12(5-7-18)20-13-8-11(16)9-17-10-13;1-9-5-7-12(8-6-9)10(13)14-11(2,3)4;6-4-1-5(8)3-7-2-4/h8-10,12H,4-7H2,1-3H3;9H,5-8H2,1-4H3;1-3,8H. The number of rotatable bonds is 2. The Bertz CT molecular complexity index is 1140. The van der Waals surface area contributed by atoms with Gasteiger partial charge in [0.15, 0.2) is 0 Å². The molecule has 0 saturated carbocycles. The number of likely N-dealkylation sites (tertiary alicyclic amines) is 2. The molecule has 1 N–H and O–H groups in total. The lowest BCUT2D eigenvalue weighted by molar-refractivity contribution is 0.0124. The molecule has 2 aromatic rings. The van der Waals surface area contributed by atoms with Gasteiger partial charge >= 0.3 is 12.2 Å². The minimum Gasteiger partial charge on any atom is -0.506 e. The number of hydrogen-bond acceptors (Lipinski definition) is 8. The molecule has 4 heterocycles. The molecule has 0 bridgehead atoms. The minimum atomic E-state index is -0.452. The first-order valence-electron chi connectivity index (χ1n) is 14.5. The fraction of sp³-hybridized carbons (Fsp3) is 0.613. The van der Waals surface area contributed by atoms with Crippen LogP contribution >= 0.6 is 31.9 Å². The monoisotopic (exact) mass is 728 g/mol. The predicted octanol–water partition coefficient (Wildman–Crippen LogP) is 7.83. The van der Waals surface area contributed by atoms with Crippen LogP contribution in [0.4, 0.5) is 9.59 Å². The van der Waals surface area contributed by atoms with Crippen LogP contribution in [0.3, 0.4) is 0 Å². The van der Waals surface area contributed by atoms with Crippen LogP contribution in [-0.4, -0.2) is 80.5 Å². The van der Waals surface area contributed by atoms with Gasteiger partial charge < -0.3 is 29.1 Å². The van der Waals surface area contributed by atoms with Crippen molar-refractivity contribution >= 4 is 44.0 Å². The summed E-state index contributed by atoms with van der Waals surface area (Å²) in [4.78, 5) is 34.9. The minimum absolute atomic E-state index is 0.111. The Morgan fingerprint density at radius 3 is 1.60 bits per heavy atom. The van der Waals surface area contributed by atoms with Crippen molar-refractivity contribution in [2.24, 2.45) is 5.92 Å². The van der Waals surface area contributed by atoms with E-state index in [0.29, 0.717) is 13.1 Å². The van der Waals surface area contributed by atoms with E-state index in [1.54, 1.807) is 29.6 Å². The first kappa shape index (κ1) is 36.6. The van der Waals surface area contributed by atoms with Crippen molar-refractivity contribution in [2.75, 3.05) is 26.2 Å². The normalized spacial score (nSPS) is 16.2. The lowest BCUT2D eigenvalue weighted by Crippen LogP contribution is -2.44. The van der Waals surface area contributed by atoms with E-state index in [1.807, 2.05) is 52.5 Å². The number of carbonyl (C=O) groups excluding carboxylic acids is 2. The van der Waals surface area contributed by atoms with Crippen LogP contribution in [0.2, 0.25) is 0 Å². The van der Waals surface area contributed by atoms with Gasteiger partial charge in [0.05, 0.1) is 12.4 Å². The first-order chi connectivity index (χ1) is 20.0. The zero-order chi connectivity index (χ0) is 32.2. The number of nitrogens with zero attached hydrogens (tertiary/aromatic N) is 4. The van der Waals surface area contributed by atoms with E-state index in [2.05, 4.69) is 48.8 Å². The molecule has 240 valence electrons. The molecule has 0 unspecified atom stereocenters. The van der Waals surface area contributed by atoms with Crippen LogP contribution in [0.1, 0.15) is 74.1 Å². The van der Waals surface area contributed by atoms with Gasteiger partial charge in [-0.3, -0.25) is 9.97 Å². The van der Waals surface area contributed by atoms with E-state index < -0.39 is 5.60 Å². The van der Waals surface area contributed by atoms with Crippen LogP contribution < -0.4 is 4.74 Å². The highest BCUT2D eigenvalue weighted by atomic mass is 79.9. The number of amides is 2. The summed E-state index contributed by atoms with van der Waals surface area (Å²) in [7, 11) is 0. The molecule has 2 aliphatic rings. The summed E-state index contributed by atoms with van der Waals surface area (Å²) in [6.45, 7) is 16.6. The van der Waals surface area contributed by atoms with Gasteiger partial charge in [0.1, 0.15) is 28.8 Å². The quantitative estimate of drug-likeness (QED) is 0.333. The summed E-state index contributed by atoms with van der Waals surface area (Å²) >= 11 is 6.51. The molecule has 10 nitrogen and oxygen atoms in total. The number of halogens is 2. The molecule has 2 saturated heterocycles. The summed E-state index contributed by atoms with van der Waals surface area (Å²) in [5.74, 6) is 1.67. The van der Waals surface area contributed by atoms with Gasteiger partial charge in [-0.25, -0.2) is 9.59 Å². The van der Waals surface area contributed by atoms with Crippen molar-refractivity contribution in [2.45, 2.75) is 91.5 Å². The van der Waals surface area contributed by atoms with Crippen molar-refractivity contribution in [1.82, 2.24) is 19.8 Å². The molecular formula is C31H46Br2N4O6. The van der Waals surface area contributed by atoms with Crippen molar-refractivity contribution < 1.29 is 28.9 Å². The van der Waals surface area contributed by atoms with Crippen LogP contribution in [0.25, 0.3) is 0 Å². The average molecular weight is 731 g/mol. The second-order valence-corrected chi connectivity index (χ2v) is 14.5. The first-order valence-corrected chi connectivity index (χ1v) is 16.1. The Balaban J connectivity index is 0.000000251. The van der Waals surface area contributed by atoms with Gasteiger partial charge in [-0.1, -0.05) is 6.92 Å². The lowest BCUT2D eigenvalue weighted by atomic mass is 10.00. The van der Waals surface area contributed by atoms with Crippen molar-refractivity contribution in [3.8, 4) is 11.5 Å². The summed E-state index contributed by atoms with van der Waals surface area (Å²) in [5, 5.41) is 8.72. The number of piperidine rings is 2. The molecular weight excluding hydrogens is 684 g/mol. The molecule has 0 aliphatic carbocycles. The molecule has 2 fully saturated rings. The SMILES string of the molecule is CC(C)(C)OC(=O)N1CCC(Oc2cncc(Br)c2)CC1.CC1CCN(C(=O)OC(C)(C)C)CC1.Oc1cncc(Br)c1. The molecule has 2 aromatic heterocycles. The largest absolute Gasteiger partial charge is 0.506 e. The third-order valence-electron chi connectivity index (χ3n) is 6.20. The molecule has 12 heteroatoms. The molecule has 4 rings (SSSR count). The van der Waals surface area contributed by atoms with Crippen LogP contribution in [0.15, 0.2) is 45.9 Å². The molecule has 0 aromatic carbocycles. The van der Waals surface area contributed by atoms with E-state index in [-0.39, 0.29) is 29.6 Å². The van der Waals surface area contributed by atoms with Gasteiger partial charge in [-0.15, -0.1) is 0 Å². The predicted molar refractivity (Wildman–Crippen MR) is 173 cm³/mol. The molecule has 2 aliphatic heterocycles. The van der Waals surface area contributed by atoms with Gasteiger partial charge in [0.2, 0.25) is 0 Å². The van der Waals surface area contributed by atoms with Crippen LogP contribution in [0, 0.1) is 5.92 Å². The Kier molecular flexibility index (Phi) is 14.5. The third-order valence-corrected chi connectivity index (χ3v) is 7.07. The fourth-order valence-electron chi connectivity index (χ4n) is 4.05. The van der Waals surface area contributed by atoms with Crippen molar-refractivity contribution in [1.29, 1.82) is 0 Å². The second kappa shape index (κ2) is 17.0. The van der Waals surface area contributed by atoms with Gasteiger partial charge in [-0.2, -0.15) is 0 Å². The third kappa shape index (κ3) is 15.6. The zero-order valence-electron chi connectivity index (χ0n) is 26.3. The van der Waals surface area contributed by atoms with E-state index in [9.17, 15) is 9.59 Å². The Labute approximate surface area is 272 Å². The zero-order valence-corrected chi connectivity index (χ0v) is 29.5. The van der Waals surface area contributed by atoms with Crippen LogP contribution in [-0.2, 0) is 9.47 Å². The summed E-state index contributed by atoms with van der Waals surface area (Å²) in [5.41, 5.74) is -0.827. The fourth-order valence-corrected chi connectivity index (χ4v) is 4.75. The molecule has 43 heavy (non-hydrogen) atoms. The summed E-state index contributed by atoms with van der Waals surface area (Å²) in [6.07, 6.45) is 9.90. The highest BCUT2D eigenvalue weighted by Gasteiger charge is 2.28. The molecule has 0 spiro atoms. The maximum absolute atomic E-state index is 12.0. The van der Waals surface area contributed by atoms with E-state index in [4.69, 9.17) is 19.3 Å². The number of aromatic hydroxyl groups is 1. The van der Waals surface area contributed by atoms with E-state index >= 15 is 0 Å². The smallest absolute Gasteiger partial charge is 0.410 e. The van der Waals surface area contributed by atoms with Crippen molar-refractivity contribution in [3.05, 3.63) is 45.9 Å². The maximum Gasteiger partial charge on any atom is 0.410 e. The Morgan fingerprint density at radius 1 is 0.767 bits per heavy atom. The highest BCUT2D eigenvalue weighted by Crippen LogP contribution is 2.22. The lowest BCUT2D eigenvalue weighted by Gasteiger charge is -2.33. The molecule has 0 radical (unpaired) electrons. The number of carbonyl (C=O) groups is 2. The number of pyridine rings is 2. The Hall–Kier alpha value is -2.60. The van der Waals surface area contributed by atoms with Crippen molar-refractivity contribution in [3.63, 3.8) is 0 Å². The Morgan fingerprint density at radius 2 is 1.21 bits per heavy atom. The van der Waals surface area contributed by atoms with E-state index in [1.165, 1.54) is 6.20 Å². The number of aromatic nitrogens is 2.